The van der Waals surface area contributed by atoms with Gasteiger partial charge < -0.3 is 17.7 Å². The Labute approximate surface area is 96.6 Å². The van der Waals surface area contributed by atoms with E-state index in [1.54, 1.807) is 0 Å². The Kier molecular flexibility index (Phi) is 5.21. The highest BCUT2D eigenvalue weighted by atomic mass is 35.5. The van der Waals surface area contributed by atoms with Crippen LogP contribution in [0.5, 0.6) is 0 Å². The number of hydrogen-bond donors (Lipinski definition) is 1. The van der Waals surface area contributed by atoms with E-state index in [2.05, 4.69) is 18.8 Å². The number of halogens is 2. The maximum atomic E-state index is 5.81. The van der Waals surface area contributed by atoms with Gasteiger partial charge in [-0.15, -0.1) is 0 Å². The molecular weight excluding hydrogens is 217 g/mol. The molecule has 1 nitrogen and oxygen atoms in total. The van der Waals surface area contributed by atoms with Crippen LogP contribution < -0.4 is 17.7 Å². The lowest BCUT2D eigenvalue weighted by atomic mass is 9.92. The molecule has 3 heteroatoms. The van der Waals surface area contributed by atoms with Crippen LogP contribution in [0.2, 0.25) is 5.02 Å². The molecule has 1 aromatic carbocycles. The maximum absolute atomic E-state index is 5.81. The highest BCUT2D eigenvalue weighted by Crippen LogP contribution is 2.19. The average molecular weight is 232 g/mol. The molecule has 0 saturated heterocycles. The molecule has 0 heterocycles. The predicted octanol–water partition coefficient (Wildman–Crippen LogP) is -1.06. The van der Waals surface area contributed by atoms with Crippen molar-refractivity contribution < 1.29 is 17.7 Å². The van der Waals surface area contributed by atoms with E-state index in [1.165, 1.54) is 5.56 Å². The standard InChI is InChI=1S/C11H14ClN.ClH/c1-4-11(2,13-3)9-5-7-10(12)8-6-9;/h4-8,13H,1H2,2-3H3;1H/t11-;/m0./s1. The van der Waals surface area contributed by atoms with Gasteiger partial charge in [-0.25, -0.2) is 0 Å². The number of rotatable bonds is 3. The zero-order chi connectivity index (χ0) is 9.90. The van der Waals surface area contributed by atoms with E-state index in [0.29, 0.717) is 0 Å². The van der Waals surface area contributed by atoms with Gasteiger partial charge in [0.25, 0.3) is 0 Å². The molecule has 1 rings (SSSR count). The lowest BCUT2D eigenvalue weighted by molar-refractivity contribution is -0.696. The fourth-order valence-electron chi connectivity index (χ4n) is 1.21. The molecule has 2 N–H and O–H groups in total. The van der Waals surface area contributed by atoms with Gasteiger partial charge in [0.2, 0.25) is 0 Å². The summed E-state index contributed by atoms with van der Waals surface area (Å²) in [6.07, 6.45) is 1.94. The minimum absolute atomic E-state index is 0. The average Bonchev–Trinajstić information content (AvgIpc) is 2.18. The van der Waals surface area contributed by atoms with Crippen LogP contribution in [0.15, 0.2) is 36.9 Å². The summed E-state index contributed by atoms with van der Waals surface area (Å²) in [4.78, 5) is 0. The largest absolute Gasteiger partial charge is 1.00 e. The second kappa shape index (κ2) is 5.40. The van der Waals surface area contributed by atoms with Crippen LogP contribution in [-0.2, 0) is 5.54 Å². The third-order valence-corrected chi connectivity index (χ3v) is 2.74. The van der Waals surface area contributed by atoms with Crippen LogP contribution in [-0.4, -0.2) is 7.05 Å². The van der Waals surface area contributed by atoms with Crippen LogP contribution in [0, 0.1) is 0 Å². The van der Waals surface area contributed by atoms with Crippen LogP contribution in [0.3, 0.4) is 0 Å². The van der Waals surface area contributed by atoms with Crippen LogP contribution in [0.4, 0.5) is 0 Å². The van der Waals surface area contributed by atoms with E-state index >= 15 is 0 Å². The first-order valence-electron chi connectivity index (χ1n) is 4.32. The van der Waals surface area contributed by atoms with Crippen molar-refractivity contribution in [1.82, 2.24) is 0 Å². The molecule has 0 aliphatic rings. The molecule has 0 amide bonds. The zero-order valence-corrected chi connectivity index (χ0v) is 9.94. The fourth-order valence-corrected chi connectivity index (χ4v) is 1.34. The molecule has 1 aromatic rings. The Balaban J connectivity index is 0.00000169. The van der Waals surface area contributed by atoms with Crippen LogP contribution in [0.1, 0.15) is 12.5 Å². The first kappa shape index (κ1) is 13.5. The van der Waals surface area contributed by atoms with Crippen molar-refractivity contribution in [1.29, 1.82) is 0 Å². The third kappa shape index (κ3) is 2.74. The number of benzene rings is 1. The molecule has 0 unspecified atom stereocenters. The first-order valence-corrected chi connectivity index (χ1v) is 4.70. The van der Waals surface area contributed by atoms with Gasteiger partial charge >= 0.3 is 0 Å². The van der Waals surface area contributed by atoms with E-state index in [4.69, 9.17) is 11.6 Å². The summed E-state index contributed by atoms with van der Waals surface area (Å²) in [5.41, 5.74) is 1.17. The summed E-state index contributed by atoms with van der Waals surface area (Å²) in [6.45, 7) is 5.97. The lowest BCUT2D eigenvalue weighted by Crippen LogP contribution is -3.00. The second-order valence-electron chi connectivity index (χ2n) is 3.28. The molecule has 0 bridgehead atoms. The highest BCUT2D eigenvalue weighted by molar-refractivity contribution is 6.30. The Hall–Kier alpha value is -0.500. The lowest BCUT2D eigenvalue weighted by Gasteiger charge is -2.21. The smallest absolute Gasteiger partial charge is 0.137 e. The molecule has 0 saturated carbocycles. The minimum atomic E-state index is -0.0510. The Morgan fingerprint density at radius 2 is 1.86 bits per heavy atom. The van der Waals surface area contributed by atoms with Crippen molar-refractivity contribution >= 4 is 11.6 Å². The van der Waals surface area contributed by atoms with Gasteiger partial charge in [0, 0.05) is 10.6 Å². The van der Waals surface area contributed by atoms with E-state index < -0.39 is 0 Å². The molecule has 78 valence electrons. The predicted molar refractivity (Wildman–Crippen MR) is 56.9 cm³/mol. The zero-order valence-electron chi connectivity index (χ0n) is 8.43. The van der Waals surface area contributed by atoms with Gasteiger partial charge in [-0.1, -0.05) is 30.3 Å². The van der Waals surface area contributed by atoms with Gasteiger partial charge in [-0.3, -0.25) is 0 Å². The topological polar surface area (TPSA) is 16.6 Å². The highest BCUT2D eigenvalue weighted by Gasteiger charge is 2.23. The third-order valence-electron chi connectivity index (χ3n) is 2.49. The van der Waals surface area contributed by atoms with E-state index in [-0.39, 0.29) is 17.9 Å². The molecule has 0 aliphatic carbocycles. The Bertz CT molecular complexity index is 295. The molecule has 0 fully saturated rings. The Morgan fingerprint density at radius 3 is 2.21 bits per heavy atom. The van der Waals surface area contributed by atoms with Gasteiger partial charge in [0.15, 0.2) is 0 Å². The second-order valence-corrected chi connectivity index (χ2v) is 3.72. The summed E-state index contributed by atoms with van der Waals surface area (Å²) in [5.74, 6) is 0. The molecule has 0 radical (unpaired) electrons. The summed E-state index contributed by atoms with van der Waals surface area (Å²) in [7, 11) is 2.04. The minimum Gasteiger partial charge on any atom is -1.00 e. The van der Waals surface area contributed by atoms with Gasteiger partial charge in [0.1, 0.15) is 5.54 Å². The summed E-state index contributed by atoms with van der Waals surface area (Å²) in [5, 5.41) is 2.90. The molecule has 0 spiro atoms. The quantitative estimate of drug-likeness (QED) is 0.640. The van der Waals surface area contributed by atoms with E-state index in [0.717, 1.165) is 5.02 Å². The van der Waals surface area contributed by atoms with E-state index in [9.17, 15) is 0 Å². The van der Waals surface area contributed by atoms with Gasteiger partial charge in [0.05, 0.1) is 7.05 Å². The number of nitrogens with two attached hydrogens (primary N) is 1. The van der Waals surface area contributed by atoms with Crippen LogP contribution >= 0.6 is 11.6 Å². The molecule has 0 aromatic heterocycles. The van der Waals surface area contributed by atoms with Gasteiger partial charge in [-0.05, 0) is 25.1 Å². The number of likely N-dealkylation sites (N-methyl/N-ethyl adjacent to an activating group) is 1. The van der Waals surface area contributed by atoms with Crippen molar-refractivity contribution in [3.8, 4) is 0 Å². The van der Waals surface area contributed by atoms with Crippen molar-refractivity contribution in [2.45, 2.75) is 12.5 Å². The summed E-state index contributed by atoms with van der Waals surface area (Å²) < 4.78 is 0. The van der Waals surface area contributed by atoms with Crippen molar-refractivity contribution in [3.63, 3.8) is 0 Å². The molecule has 0 aliphatic heterocycles. The van der Waals surface area contributed by atoms with Crippen LogP contribution in [0.25, 0.3) is 0 Å². The van der Waals surface area contributed by atoms with Crippen molar-refractivity contribution in [3.05, 3.63) is 47.5 Å². The molecule has 1 atom stereocenters. The fraction of sp³-hybridized carbons (Fsp3) is 0.273. The van der Waals surface area contributed by atoms with Crippen molar-refractivity contribution in [2.75, 3.05) is 7.05 Å². The Morgan fingerprint density at radius 1 is 1.36 bits per heavy atom. The maximum Gasteiger partial charge on any atom is 0.137 e. The number of quaternary nitrogens is 1. The monoisotopic (exact) mass is 231 g/mol. The first-order chi connectivity index (χ1) is 6.12. The van der Waals surface area contributed by atoms with Gasteiger partial charge in [-0.2, -0.15) is 0 Å². The summed E-state index contributed by atoms with van der Waals surface area (Å²) in [6, 6.07) is 7.87. The number of hydrogen-bond acceptors (Lipinski definition) is 0. The molecular formula is C11H15Cl2N. The normalized spacial score (nSPS) is 13.9. The SMILES string of the molecule is C=C[C@](C)([NH2+]C)c1ccc(Cl)cc1.[Cl-]. The summed E-state index contributed by atoms with van der Waals surface area (Å²) >= 11 is 5.81. The van der Waals surface area contributed by atoms with E-state index in [1.807, 2.05) is 37.4 Å². The van der Waals surface area contributed by atoms with Crippen molar-refractivity contribution in [2.24, 2.45) is 0 Å². The molecule has 14 heavy (non-hydrogen) atoms.